The standard InChI is InChI=1S/C12H18N2/c1-9-7-10-5-4-6-11(8-13-2)12(10)14(9)3/h4-6,9,13H,7-8H2,1-3H3. The van der Waals surface area contributed by atoms with E-state index in [0.29, 0.717) is 6.04 Å². The van der Waals surface area contributed by atoms with Crippen LogP contribution in [0.4, 0.5) is 5.69 Å². The van der Waals surface area contributed by atoms with E-state index in [2.05, 4.69) is 42.4 Å². The van der Waals surface area contributed by atoms with Crippen molar-refractivity contribution in [3.05, 3.63) is 29.3 Å². The molecule has 0 amide bonds. The van der Waals surface area contributed by atoms with Crippen molar-refractivity contribution in [3.63, 3.8) is 0 Å². The summed E-state index contributed by atoms with van der Waals surface area (Å²) in [6.45, 7) is 3.24. The van der Waals surface area contributed by atoms with Gasteiger partial charge in [-0.3, -0.25) is 0 Å². The van der Waals surface area contributed by atoms with E-state index in [9.17, 15) is 0 Å². The molecule has 1 unspecified atom stereocenters. The van der Waals surface area contributed by atoms with Gasteiger partial charge in [0.15, 0.2) is 0 Å². The summed E-state index contributed by atoms with van der Waals surface area (Å²) in [7, 11) is 4.19. The quantitative estimate of drug-likeness (QED) is 0.765. The van der Waals surface area contributed by atoms with Gasteiger partial charge in [-0.05, 0) is 31.5 Å². The Balaban J connectivity index is 2.42. The van der Waals surface area contributed by atoms with Crippen LogP contribution in [0.3, 0.4) is 0 Å². The van der Waals surface area contributed by atoms with Gasteiger partial charge in [0.2, 0.25) is 0 Å². The van der Waals surface area contributed by atoms with Gasteiger partial charge < -0.3 is 10.2 Å². The summed E-state index contributed by atoms with van der Waals surface area (Å²) in [5.41, 5.74) is 4.35. The van der Waals surface area contributed by atoms with Gasteiger partial charge in [-0.2, -0.15) is 0 Å². The molecule has 1 aromatic rings. The number of benzene rings is 1. The number of nitrogens with one attached hydrogen (secondary N) is 1. The van der Waals surface area contributed by atoms with Crippen molar-refractivity contribution in [2.24, 2.45) is 0 Å². The smallest absolute Gasteiger partial charge is 0.0445 e. The van der Waals surface area contributed by atoms with E-state index in [1.54, 1.807) is 0 Å². The van der Waals surface area contributed by atoms with Crippen molar-refractivity contribution in [1.82, 2.24) is 5.32 Å². The highest BCUT2D eigenvalue weighted by Gasteiger charge is 2.24. The van der Waals surface area contributed by atoms with Gasteiger partial charge in [-0.1, -0.05) is 18.2 Å². The van der Waals surface area contributed by atoms with Crippen molar-refractivity contribution in [2.45, 2.75) is 25.9 Å². The van der Waals surface area contributed by atoms with E-state index in [0.717, 1.165) is 6.54 Å². The van der Waals surface area contributed by atoms with Crippen molar-refractivity contribution in [2.75, 3.05) is 19.0 Å². The van der Waals surface area contributed by atoms with Gasteiger partial charge in [0.05, 0.1) is 0 Å². The summed E-state index contributed by atoms with van der Waals surface area (Å²) in [6, 6.07) is 7.26. The monoisotopic (exact) mass is 190 g/mol. The highest BCUT2D eigenvalue weighted by Crippen LogP contribution is 2.33. The maximum absolute atomic E-state index is 3.22. The van der Waals surface area contributed by atoms with Crippen LogP contribution in [0.25, 0.3) is 0 Å². The molecule has 0 radical (unpaired) electrons. The van der Waals surface area contributed by atoms with E-state index < -0.39 is 0 Å². The van der Waals surface area contributed by atoms with E-state index in [1.807, 2.05) is 7.05 Å². The van der Waals surface area contributed by atoms with E-state index in [-0.39, 0.29) is 0 Å². The normalized spacial score (nSPS) is 19.9. The molecular formula is C12H18N2. The molecule has 1 aliphatic heterocycles. The number of para-hydroxylation sites is 1. The fourth-order valence-corrected chi connectivity index (χ4v) is 2.27. The number of rotatable bonds is 2. The highest BCUT2D eigenvalue weighted by atomic mass is 15.2. The Hall–Kier alpha value is -1.02. The van der Waals surface area contributed by atoms with Gasteiger partial charge in [-0.25, -0.2) is 0 Å². The first-order chi connectivity index (χ1) is 6.74. The van der Waals surface area contributed by atoms with Crippen LogP contribution in [-0.2, 0) is 13.0 Å². The summed E-state index contributed by atoms with van der Waals surface area (Å²) >= 11 is 0. The van der Waals surface area contributed by atoms with Crippen molar-refractivity contribution in [3.8, 4) is 0 Å². The minimum absolute atomic E-state index is 0.642. The van der Waals surface area contributed by atoms with Gasteiger partial charge >= 0.3 is 0 Å². The zero-order valence-corrected chi connectivity index (χ0v) is 9.17. The average molecular weight is 190 g/mol. The Kier molecular flexibility index (Phi) is 2.46. The second-order valence-electron chi connectivity index (χ2n) is 4.12. The number of hydrogen-bond acceptors (Lipinski definition) is 2. The zero-order chi connectivity index (χ0) is 10.1. The molecule has 0 aromatic heterocycles. The first-order valence-corrected chi connectivity index (χ1v) is 5.22. The molecule has 2 nitrogen and oxygen atoms in total. The first kappa shape index (κ1) is 9.53. The van der Waals surface area contributed by atoms with Crippen LogP contribution in [0.2, 0.25) is 0 Å². The second kappa shape index (κ2) is 3.62. The molecule has 1 aliphatic rings. The third kappa shape index (κ3) is 1.40. The number of fused-ring (bicyclic) bond motifs is 1. The topological polar surface area (TPSA) is 15.3 Å². The Morgan fingerprint density at radius 3 is 3.00 bits per heavy atom. The molecule has 0 saturated carbocycles. The Bertz CT molecular complexity index is 333. The minimum Gasteiger partial charge on any atom is -0.371 e. The molecule has 1 atom stereocenters. The molecule has 2 heteroatoms. The molecule has 1 heterocycles. The lowest BCUT2D eigenvalue weighted by atomic mass is 10.1. The van der Waals surface area contributed by atoms with Crippen molar-refractivity contribution < 1.29 is 0 Å². The third-order valence-corrected chi connectivity index (χ3v) is 3.10. The van der Waals surface area contributed by atoms with Crippen molar-refractivity contribution in [1.29, 1.82) is 0 Å². The lowest BCUT2D eigenvalue weighted by molar-refractivity contribution is 0.727. The third-order valence-electron chi connectivity index (χ3n) is 3.10. The maximum atomic E-state index is 3.22. The summed E-state index contributed by atoms with van der Waals surface area (Å²) in [6.07, 6.45) is 1.18. The lowest BCUT2D eigenvalue weighted by Gasteiger charge is -2.21. The Labute approximate surface area is 85.9 Å². The first-order valence-electron chi connectivity index (χ1n) is 5.22. The Morgan fingerprint density at radius 2 is 2.29 bits per heavy atom. The van der Waals surface area contributed by atoms with Crippen LogP contribution in [0.5, 0.6) is 0 Å². The largest absolute Gasteiger partial charge is 0.371 e. The molecule has 2 rings (SSSR count). The van der Waals surface area contributed by atoms with Crippen molar-refractivity contribution >= 4 is 5.69 Å². The molecular weight excluding hydrogens is 172 g/mol. The number of anilines is 1. The van der Waals surface area contributed by atoms with Gasteiger partial charge in [0.25, 0.3) is 0 Å². The van der Waals surface area contributed by atoms with Crippen LogP contribution >= 0.6 is 0 Å². The minimum atomic E-state index is 0.642. The fourth-order valence-electron chi connectivity index (χ4n) is 2.27. The van der Waals surface area contributed by atoms with E-state index in [1.165, 1.54) is 23.2 Å². The van der Waals surface area contributed by atoms with Gasteiger partial charge in [0, 0.05) is 25.3 Å². The molecule has 0 bridgehead atoms. The fraction of sp³-hybridized carbons (Fsp3) is 0.500. The molecule has 0 aliphatic carbocycles. The Morgan fingerprint density at radius 1 is 1.50 bits per heavy atom. The summed E-state index contributed by atoms with van der Waals surface area (Å²) in [5.74, 6) is 0. The molecule has 0 spiro atoms. The molecule has 0 saturated heterocycles. The number of likely N-dealkylation sites (N-methyl/N-ethyl adjacent to an activating group) is 1. The molecule has 1 N–H and O–H groups in total. The molecule has 14 heavy (non-hydrogen) atoms. The van der Waals surface area contributed by atoms with Crippen LogP contribution in [0.1, 0.15) is 18.1 Å². The SMILES string of the molecule is CNCc1cccc2c1N(C)C(C)C2. The van der Waals surface area contributed by atoms with E-state index in [4.69, 9.17) is 0 Å². The van der Waals surface area contributed by atoms with Crippen LogP contribution in [-0.4, -0.2) is 20.1 Å². The van der Waals surface area contributed by atoms with Crippen LogP contribution < -0.4 is 10.2 Å². The zero-order valence-electron chi connectivity index (χ0n) is 9.17. The van der Waals surface area contributed by atoms with Gasteiger partial charge in [-0.15, -0.1) is 0 Å². The molecule has 1 aromatic carbocycles. The number of nitrogens with zero attached hydrogens (tertiary/aromatic N) is 1. The summed E-state index contributed by atoms with van der Waals surface area (Å²) in [5, 5.41) is 3.22. The molecule has 76 valence electrons. The average Bonchev–Trinajstić information content (AvgIpc) is 2.45. The maximum Gasteiger partial charge on any atom is 0.0445 e. The van der Waals surface area contributed by atoms with Crippen LogP contribution in [0.15, 0.2) is 18.2 Å². The number of hydrogen-bond donors (Lipinski definition) is 1. The predicted molar refractivity (Wildman–Crippen MR) is 60.8 cm³/mol. The second-order valence-corrected chi connectivity index (χ2v) is 4.12. The van der Waals surface area contributed by atoms with E-state index >= 15 is 0 Å². The predicted octanol–water partition coefficient (Wildman–Crippen LogP) is 1.79. The summed E-state index contributed by atoms with van der Waals surface area (Å²) in [4.78, 5) is 2.39. The molecule has 0 fully saturated rings. The van der Waals surface area contributed by atoms with Crippen LogP contribution in [0, 0.1) is 0 Å². The summed E-state index contributed by atoms with van der Waals surface area (Å²) < 4.78 is 0. The highest BCUT2D eigenvalue weighted by molar-refractivity contribution is 5.63. The lowest BCUT2D eigenvalue weighted by Crippen LogP contribution is -2.25. The van der Waals surface area contributed by atoms with Gasteiger partial charge in [0.1, 0.15) is 0 Å².